The summed E-state index contributed by atoms with van der Waals surface area (Å²) in [4.78, 5) is 27.4. The Morgan fingerprint density at radius 2 is 1.69 bits per heavy atom. The largest absolute Gasteiger partial charge is 0.337 e. The van der Waals surface area contributed by atoms with Crippen molar-refractivity contribution in [3.63, 3.8) is 0 Å². The zero-order valence-corrected chi connectivity index (χ0v) is 15.1. The van der Waals surface area contributed by atoms with Crippen LogP contribution in [0.25, 0.3) is 0 Å². The molecule has 5 nitrogen and oxygen atoms in total. The first-order valence-electron chi connectivity index (χ1n) is 8.39. The third-order valence-electron chi connectivity index (χ3n) is 4.24. The van der Waals surface area contributed by atoms with Crippen LogP contribution in [-0.4, -0.2) is 33.4 Å². The molecule has 0 saturated heterocycles. The molecule has 0 saturated carbocycles. The van der Waals surface area contributed by atoms with E-state index in [9.17, 15) is 9.59 Å². The summed E-state index contributed by atoms with van der Waals surface area (Å²) < 4.78 is 1.70. The average molecular weight is 347 g/mol. The van der Waals surface area contributed by atoms with Crippen molar-refractivity contribution in [2.24, 2.45) is 7.05 Å². The van der Waals surface area contributed by atoms with Gasteiger partial charge in [0.25, 0.3) is 5.91 Å². The van der Waals surface area contributed by atoms with Gasteiger partial charge in [-0.1, -0.05) is 48.0 Å². The highest BCUT2D eigenvalue weighted by molar-refractivity contribution is 6.15. The number of hydrogen-bond donors (Lipinski definition) is 0. The first-order chi connectivity index (χ1) is 12.5. The van der Waals surface area contributed by atoms with Gasteiger partial charge < -0.3 is 4.90 Å². The van der Waals surface area contributed by atoms with Crippen LogP contribution in [0.1, 0.15) is 37.4 Å². The normalized spacial score (nSPS) is 10.6. The Hall–Kier alpha value is -3.21. The number of carbonyl (C=O) groups excluding carboxylic acids is 2. The third kappa shape index (κ3) is 3.72. The van der Waals surface area contributed by atoms with Crippen LogP contribution < -0.4 is 0 Å². The van der Waals surface area contributed by atoms with Crippen molar-refractivity contribution in [2.45, 2.75) is 13.5 Å². The van der Waals surface area contributed by atoms with E-state index in [0.29, 0.717) is 23.2 Å². The van der Waals surface area contributed by atoms with E-state index in [0.717, 1.165) is 11.1 Å². The van der Waals surface area contributed by atoms with Crippen LogP contribution in [0.2, 0.25) is 0 Å². The molecular weight excluding hydrogens is 326 g/mol. The van der Waals surface area contributed by atoms with E-state index in [1.54, 1.807) is 59.2 Å². The molecule has 1 amide bonds. The monoisotopic (exact) mass is 347 g/mol. The van der Waals surface area contributed by atoms with Crippen molar-refractivity contribution in [3.05, 3.63) is 88.7 Å². The maximum absolute atomic E-state index is 12.9. The lowest BCUT2D eigenvalue weighted by Crippen LogP contribution is -2.27. The van der Waals surface area contributed by atoms with E-state index in [-0.39, 0.29) is 11.7 Å². The molecule has 0 unspecified atom stereocenters. The summed E-state index contributed by atoms with van der Waals surface area (Å²) in [6, 6.07) is 14.3. The van der Waals surface area contributed by atoms with Gasteiger partial charge in [-0.2, -0.15) is 5.10 Å². The van der Waals surface area contributed by atoms with Crippen LogP contribution in [0.4, 0.5) is 0 Å². The number of amides is 1. The van der Waals surface area contributed by atoms with Crippen molar-refractivity contribution in [3.8, 4) is 0 Å². The van der Waals surface area contributed by atoms with Gasteiger partial charge in [-0.3, -0.25) is 14.3 Å². The second-order valence-electron chi connectivity index (χ2n) is 6.42. The van der Waals surface area contributed by atoms with Gasteiger partial charge in [0.2, 0.25) is 0 Å². The number of hydrogen-bond acceptors (Lipinski definition) is 3. The fourth-order valence-electron chi connectivity index (χ4n) is 2.83. The van der Waals surface area contributed by atoms with E-state index in [1.807, 2.05) is 32.3 Å². The van der Waals surface area contributed by atoms with E-state index in [4.69, 9.17) is 0 Å². The Morgan fingerprint density at radius 1 is 1.04 bits per heavy atom. The molecule has 0 bridgehead atoms. The van der Waals surface area contributed by atoms with Crippen molar-refractivity contribution >= 4 is 11.7 Å². The van der Waals surface area contributed by atoms with Gasteiger partial charge in [-0.15, -0.1) is 0 Å². The highest BCUT2D eigenvalue weighted by Crippen LogP contribution is 2.18. The molecule has 0 aliphatic rings. The predicted molar refractivity (Wildman–Crippen MR) is 100 cm³/mol. The Morgan fingerprint density at radius 3 is 2.31 bits per heavy atom. The van der Waals surface area contributed by atoms with Crippen molar-refractivity contribution in [1.82, 2.24) is 14.7 Å². The first kappa shape index (κ1) is 17.6. The van der Waals surface area contributed by atoms with Gasteiger partial charge >= 0.3 is 0 Å². The van der Waals surface area contributed by atoms with Crippen molar-refractivity contribution < 1.29 is 9.59 Å². The highest BCUT2D eigenvalue weighted by atomic mass is 16.2. The molecule has 0 fully saturated rings. The minimum absolute atomic E-state index is 0.149. The molecular formula is C21H21N3O2. The lowest BCUT2D eigenvalue weighted by atomic mass is 9.97. The van der Waals surface area contributed by atoms with Gasteiger partial charge in [0.05, 0.1) is 11.8 Å². The zero-order valence-electron chi connectivity index (χ0n) is 15.1. The first-order valence-corrected chi connectivity index (χ1v) is 8.39. The Balaban J connectivity index is 1.87. The summed E-state index contributed by atoms with van der Waals surface area (Å²) >= 11 is 0. The smallest absolute Gasteiger partial charge is 0.254 e. The second-order valence-corrected chi connectivity index (χ2v) is 6.42. The number of ketones is 1. The molecule has 0 aliphatic heterocycles. The molecule has 0 aliphatic carbocycles. The fourth-order valence-corrected chi connectivity index (χ4v) is 2.83. The van der Waals surface area contributed by atoms with Crippen LogP contribution in [0, 0.1) is 6.92 Å². The molecule has 132 valence electrons. The lowest BCUT2D eigenvalue weighted by Gasteiger charge is -2.18. The molecule has 3 rings (SSSR count). The van der Waals surface area contributed by atoms with E-state index >= 15 is 0 Å². The van der Waals surface area contributed by atoms with Crippen LogP contribution in [0.15, 0.2) is 60.9 Å². The molecule has 1 aromatic heterocycles. The SMILES string of the molecule is Cc1ccc(C(=O)c2ccccc2C(=O)N(C)Cc2cnn(C)c2)cc1. The van der Waals surface area contributed by atoms with Crippen LogP contribution in [0.5, 0.6) is 0 Å². The van der Waals surface area contributed by atoms with Gasteiger partial charge in [0.1, 0.15) is 0 Å². The number of rotatable bonds is 5. The molecule has 1 heterocycles. The summed E-state index contributed by atoms with van der Waals surface area (Å²) in [5.41, 5.74) is 3.42. The Bertz CT molecular complexity index is 942. The van der Waals surface area contributed by atoms with E-state index < -0.39 is 0 Å². The van der Waals surface area contributed by atoms with Crippen molar-refractivity contribution in [1.29, 1.82) is 0 Å². The number of aromatic nitrogens is 2. The molecule has 0 N–H and O–H groups in total. The van der Waals surface area contributed by atoms with Crippen molar-refractivity contribution in [2.75, 3.05) is 7.05 Å². The van der Waals surface area contributed by atoms with Crippen LogP contribution >= 0.6 is 0 Å². The Kier molecular flexibility index (Phi) is 4.98. The van der Waals surface area contributed by atoms with E-state index in [1.165, 1.54) is 0 Å². The number of aryl methyl sites for hydroxylation is 2. The summed E-state index contributed by atoms with van der Waals surface area (Å²) in [6.07, 6.45) is 3.60. The molecule has 3 aromatic rings. The summed E-state index contributed by atoms with van der Waals surface area (Å²) in [5, 5.41) is 4.12. The van der Waals surface area contributed by atoms with Crippen LogP contribution in [0.3, 0.4) is 0 Å². The zero-order chi connectivity index (χ0) is 18.7. The van der Waals surface area contributed by atoms with E-state index in [2.05, 4.69) is 5.10 Å². The van der Waals surface area contributed by atoms with Gasteiger partial charge in [-0.05, 0) is 13.0 Å². The minimum Gasteiger partial charge on any atom is -0.337 e. The molecule has 26 heavy (non-hydrogen) atoms. The average Bonchev–Trinajstić information content (AvgIpc) is 3.06. The maximum atomic E-state index is 12.9. The van der Waals surface area contributed by atoms with Gasteiger partial charge in [0, 0.05) is 43.5 Å². The quantitative estimate of drug-likeness (QED) is 0.666. The highest BCUT2D eigenvalue weighted by Gasteiger charge is 2.20. The second kappa shape index (κ2) is 7.35. The number of nitrogens with zero attached hydrogens (tertiary/aromatic N) is 3. The standard InChI is InChI=1S/C21H21N3O2/c1-15-8-10-17(11-9-15)20(25)18-6-4-5-7-19(18)21(26)23(2)13-16-12-22-24(3)14-16/h4-12,14H,13H2,1-3H3. The van der Waals surface area contributed by atoms with Gasteiger partial charge in [-0.25, -0.2) is 0 Å². The molecule has 0 atom stereocenters. The van der Waals surface area contributed by atoms with Crippen LogP contribution in [-0.2, 0) is 13.6 Å². The predicted octanol–water partition coefficient (Wildman–Crippen LogP) is 3.23. The number of carbonyl (C=O) groups is 2. The molecule has 0 radical (unpaired) electrons. The summed E-state index contributed by atoms with van der Waals surface area (Å²) in [5.74, 6) is -0.339. The summed E-state index contributed by atoms with van der Waals surface area (Å²) in [7, 11) is 3.56. The fraction of sp³-hybridized carbons (Fsp3) is 0.190. The molecule has 2 aromatic carbocycles. The maximum Gasteiger partial charge on any atom is 0.254 e. The lowest BCUT2D eigenvalue weighted by molar-refractivity contribution is 0.0780. The summed E-state index contributed by atoms with van der Waals surface area (Å²) in [6.45, 7) is 2.40. The molecule has 0 spiro atoms. The number of benzene rings is 2. The van der Waals surface area contributed by atoms with Gasteiger partial charge in [0.15, 0.2) is 5.78 Å². The minimum atomic E-state index is -0.190. The Labute approximate surface area is 152 Å². The third-order valence-corrected chi connectivity index (χ3v) is 4.24. The molecule has 5 heteroatoms. The topological polar surface area (TPSA) is 55.2 Å².